The number of para-hydroxylation sites is 1. The van der Waals surface area contributed by atoms with Crippen LogP contribution in [0.1, 0.15) is 27.3 Å². The first kappa shape index (κ1) is 17.5. The van der Waals surface area contributed by atoms with E-state index in [1.807, 2.05) is 36.4 Å². The third-order valence-electron chi connectivity index (χ3n) is 4.17. The maximum atomic E-state index is 12.3. The maximum absolute atomic E-state index is 12.3. The van der Waals surface area contributed by atoms with E-state index in [-0.39, 0.29) is 5.91 Å². The number of ether oxygens (including phenoxy) is 1. The van der Waals surface area contributed by atoms with Gasteiger partial charge in [-0.1, -0.05) is 12.1 Å². The smallest absolute Gasteiger partial charge is 0.271 e. The van der Waals surface area contributed by atoms with Crippen LogP contribution in [0.25, 0.3) is 5.69 Å². The standard InChI is InChI=1S/C21H21N3O2/c1-15-8-9-16(2)24(15)19-12-10-17(11-13-19)21(25)23-22-14-18-6-4-5-7-20(18)26-3/h4-14H,1-3H3,(H,23,25)/b22-14-. The fraction of sp³-hybridized carbons (Fsp3) is 0.143. The zero-order valence-corrected chi connectivity index (χ0v) is 15.1. The zero-order chi connectivity index (χ0) is 18.5. The van der Waals surface area contributed by atoms with Gasteiger partial charge in [-0.25, -0.2) is 5.43 Å². The van der Waals surface area contributed by atoms with Crippen molar-refractivity contribution >= 4 is 12.1 Å². The Morgan fingerprint density at radius 2 is 1.65 bits per heavy atom. The van der Waals surface area contributed by atoms with Crippen LogP contribution in [-0.4, -0.2) is 23.8 Å². The highest BCUT2D eigenvalue weighted by atomic mass is 16.5. The molecule has 0 bridgehead atoms. The van der Waals surface area contributed by atoms with Crippen LogP contribution in [0.4, 0.5) is 0 Å². The van der Waals surface area contributed by atoms with Gasteiger partial charge in [0.25, 0.3) is 5.91 Å². The lowest BCUT2D eigenvalue weighted by molar-refractivity contribution is 0.0955. The molecule has 0 aliphatic carbocycles. The predicted molar refractivity (Wildman–Crippen MR) is 103 cm³/mol. The summed E-state index contributed by atoms with van der Waals surface area (Å²) >= 11 is 0. The van der Waals surface area contributed by atoms with Crippen LogP contribution in [-0.2, 0) is 0 Å². The van der Waals surface area contributed by atoms with Crippen molar-refractivity contribution < 1.29 is 9.53 Å². The number of hydrogen-bond acceptors (Lipinski definition) is 3. The van der Waals surface area contributed by atoms with Crippen molar-refractivity contribution in [2.24, 2.45) is 5.10 Å². The van der Waals surface area contributed by atoms with Crippen LogP contribution in [0.3, 0.4) is 0 Å². The van der Waals surface area contributed by atoms with E-state index in [0.717, 1.165) is 22.6 Å². The van der Waals surface area contributed by atoms with E-state index < -0.39 is 0 Å². The Labute approximate surface area is 152 Å². The normalized spacial score (nSPS) is 10.9. The third kappa shape index (κ3) is 3.67. The number of carbonyl (C=O) groups is 1. The van der Waals surface area contributed by atoms with Crippen molar-refractivity contribution in [1.82, 2.24) is 9.99 Å². The molecule has 1 N–H and O–H groups in total. The number of amides is 1. The van der Waals surface area contributed by atoms with Crippen molar-refractivity contribution in [2.45, 2.75) is 13.8 Å². The van der Waals surface area contributed by atoms with E-state index in [4.69, 9.17) is 4.74 Å². The molecule has 1 heterocycles. The highest BCUT2D eigenvalue weighted by Gasteiger charge is 2.07. The lowest BCUT2D eigenvalue weighted by Gasteiger charge is -2.10. The molecule has 1 aromatic heterocycles. The van der Waals surface area contributed by atoms with Gasteiger partial charge in [0.1, 0.15) is 5.75 Å². The Kier molecular flexibility index (Phi) is 5.17. The predicted octanol–water partition coefficient (Wildman–Crippen LogP) is 3.87. The van der Waals surface area contributed by atoms with E-state index in [9.17, 15) is 4.79 Å². The molecule has 0 fully saturated rings. The summed E-state index contributed by atoms with van der Waals surface area (Å²) in [5, 5.41) is 4.02. The van der Waals surface area contributed by atoms with E-state index in [2.05, 4.69) is 41.1 Å². The fourth-order valence-corrected chi connectivity index (χ4v) is 2.84. The van der Waals surface area contributed by atoms with Gasteiger partial charge in [0, 0.05) is 28.2 Å². The largest absolute Gasteiger partial charge is 0.496 e. The summed E-state index contributed by atoms with van der Waals surface area (Å²) in [4.78, 5) is 12.3. The number of hydrazone groups is 1. The second-order valence-electron chi connectivity index (χ2n) is 5.94. The van der Waals surface area contributed by atoms with E-state index >= 15 is 0 Å². The Balaban J connectivity index is 1.70. The van der Waals surface area contributed by atoms with Crippen molar-refractivity contribution in [3.8, 4) is 11.4 Å². The Morgan fingerprint density at radius 3 is 2.31 bits per heavy atom. The van der Waals surface area contributed by atoms with Crippen molar-refractivity contribution in [2.75, 3.05) is 7.11 Å². The fourth-order valence-electron chi connectivity index (χ4n) is 2.84. The SMILES string of the molecule is COc1ccccc1/C=N\NC(=O)c1ccc(-n2c(C)ccc2C)cc1. The lowest BCUT2D eigenvalue weighted by atomic mass is 10.2. The summed E-state index contributed by atoms with van der Waals surface area (Å²) in [6.45, 7) is 4.11. The Morgan fingerprint density at radius 1 is 1.00 bits per heavy atom. The van der Waals surface area contributed by atoms with Crippen molar-refractivity contribution in [1.29, 1.82) is 0 Å². The Hall–Kier alpha value is -3.34. The monoisotopic (exact) mass is 347 g/mol. The van der Waals surface area contributed by atoms with Gasteiger partial charge in [-0.15, -0.1) is 0 Å². The molecule has 0 atom stereocenters. The minimum absolute atomic E-state index is 0.261. The number of nitrogens with zero attached hydrogens (tertiary/aromatic N) is 2. The Bertz CT molecular complexity index is 921. The molecule has 5 heteroatoms. The average Bonchev–Trinajstić information content (AvgIpc) is 3.00. The minimum atomic E-state index is -0.261. The van der Waals surface area contributed by atoms with Gasteiger partial charge >= 0.3 is 0 Å². The number of carbonyl (C=O) groups excluding carboxylic acids is 1. The molecule has 0 unspecified atom stereocenters. The number of nitrogens with one attached hydrogen (secondary N) is 1. The molecular formula is C21H21N3O2. The zero-order valence-electron chi connectivity index (χ0n) is 15.1. The molecule has 0 aliphatic rings. The number of rotatable bonds is 5. The second-order valence-corrected chi connectivity index (χ2v) is 5.94. The summed E-state index contributed by atoms with van der Waals surface area (Å²) < 4.78 is 7.39. The second kappa shape index (κ2) is 7.70. The van der Waals surface area contributed by atoms with Crippen molar-refractivity contribution in [3.05, 3.63) is 83.2 Å². The molecule has 1 amide bonds. The number of methoxy groups -OCH3 is 1. The molecule has 0 aliphatic heterocycles. The molecule has 26 heavy (non-hydrogen) atoms. The van der Waals surface area contributed by atoms with Crippen LogP contribution < -0.4 is 10.2 Å². The van der Waals surface area contributed by atoms with Crippen LogP contribution in [0.2, 0.25) is 0 Å². The molecule has 3 aromatic rings. The molecule has 0 spiro atoms. The quantitative estimate of drug-likeness (QED) is 0.563. The highest BCUT2D eigenvalue weighted by Crippen LogP contribution is 2.17. The summed E-state index contributed by atoms with van der Waals surface area (Å²) in [7, 11) is 1.60. The summed E-state index contributed by atoms with van der Waals surface area (Å²) in [6, 6.07) is 19.1. The van der Waals surface area contributed by atoms with Gasteiger partial charge in [-0.3, -0.25) is 4.79 Å². The average molecular weight is 347 g/mol. The summed E-state index contributed by atoms with van der Waals surface area (Å²) in [5.74, 6) is 0.441. The number of aromatic nitrogens is 1. The molecule has 0 radical (unpaired) electrons. The third-order valence-corrected chi connectivity index (χ3v) is 4.17. The van der Waals surface area contributed by atoms with Crippen LogP contribution in [0.15, 0.2) is 65.8 Å². The van der Waals surface area contributed by atoms with Gasteiger partial charge in [0.2, 0.25) is 0 Å². The van der Waals surface area contributed by atoms with E-state index in [0.29, 0.717) is 11.3 Å². The topological polar surface area (TPSA) is 55.6 Å². The van der Waals surface area contributed by atoms with Crippen LogP contribution in [0.5, 0.6) is 5.75 Å². The first-order chi connectivity index (χ1) is 12.6. The molecule has 132 valence electrons. The highest BCUT2D eigenvalue weighted by molar-refractivity contribution is 5.95. The minimum Gasteiger partial charge on any atom is -0.496 e. The van der Waals surface area contributed by atoms with Gasteiger partial charge in [0.15, 0.2) is 0 Å². The lowest BCUT2D eigenvalue weighted by Crippen LogP contribution is -2.17. The molecular weight excluding hydrogens is 326 g/mol. The van der Waals surface area contributed by atoms with Gasteiger partial charge in [0.05, 0.1) is 13.3 Å². The van der Waals surface area contributed by atoms with Gasteiger partial charge < -0.3 is 9.30 Å². The molecule has 3 rings (SSSR count). The summed E-state index contributed by atoms with van der Waals surface area (Å²) in [6.07, 6.45) is 1.57. The maximum Gasteiger partial charge on any atom is 0.271 e. The molecule has 2 aromatic carbocycles. The van der Waals surface area contributed by atoms with Crippen LogP contribution in [0, 0.1) is 13.8 Å². The van der Waals surface area contributed by atoms with E-state index in [1.54, 1.807) is 25.5 Å². The molecule has 0 saturated carbocycles. The van der Waals surface area contributed by atoms with Gasteiger partial charge in [-0.05, 0) is 62.4 Å². The summed E-state index contributed by atoms with van der Waals surface area (Å²) in [5.41, 5.74) is 7.22. The molecule has 5 nitrogen and oxygen atoms in total. The first-order valence-corrected chi connectivity index (χ1v) is 8.32. The van der Waals surface area contributed by atoms with E-state index in [1.165, 1.54) is 0 Å². The van der Waals surface area contributed by atoms with Gasteiger partial charge in [-0.2, -0.15) is 5.10 Å². The van der Waals surface area contributed by atoms with Crippen LogP contribution >= 0.6 is 0 Å². The number of benzene rings is 2. The number of hydrogen-bond donors (Lipinski definition) is 1. The number of aryl methyl sites for hydroxylation is 2. The first-order valence-electron chi connectivity index (χ1n) is 8.32. The molecule has 0 saturated heterocycles. The van der Waals surface area contributed by atoms with Crippen molar-refractivity contribution in [3.63, 3.8) is 0 Å².